The predicted molar refractivity (Wildman–Crippen MR) is 96.8 cm³/mol. The first kappa shape index (κ1) is 19.3. The Hall–Kier alpha value is -3.07. The molecule has 0 saturated carbocycles. The van der Waals surface area contributed by atoms with E-state index in [1.165, 1.54) is 19.1 Å². The van der Waals surface area contributed by atoms with E-state index in [0.29, 0.717) is 29.3 Å². The highest BCUT2D eigenvalue weighted by molar-refractivity contribution is 5.69. The molecule has 1 N–H and O–H groups in total. The standard InChI is InChI=1S/C20H20F2N2O2/c1-4-15(20(21)22)10-17(24-5-2)13(3)16(11-23)8-14-6-7-18-19(9-14)26-12-25-18/h4,6-10,20,24H,3,5,12H2,1-2H3/b15-4+,16-8+,17-10+. The topological polar surface area (TPSA) is 54.3 Å². The Balaban J connectivity index is 2.36. The first-order chi connectivity index (χ1) is 12.5. The van der Waals surface area contributed by atoms with Crippen molar-refractivity contribution in [3.63, 3.8) is 0 Å². The minimum atomic E-state index is -2.61. The third kappa shape index (κ3) is 4.51. The highest BCUT2D eigenvalue weighted by atomic mass is 19.3. The summed E-state index contributed by atoms with van der Waals surface area (Å²) >= 11 is 0. The summed E-state index contributed by atoms with van der Waals surface area (Å²) in [5.74, 6) is 1.24. The van der Waals surface area contributed by atoms with Gasteiger partial charge in [0, 0.05) is 23.4 Å². The number of fused-ring (bicyclic) bond motifs is 1. The monoisotopic (exact) mass is 358 g/mol. The zero-order valence-electron chi connectivity index (χ0n) is 14.7. The van der Waals surface area contributed by atoms with Crippen molar-refractivity contribution in [1.29, 1.82) is 5.26 Å². The van der Waals surface area contributed by atoms with Gasteiger partial charge < -0.3 is 14.8 Å². The average molecular weight is 358 g/mol. The minimum absolute atomic E-state index is 0.137. The fraction of sp³-hybridized carbons (Fsp3) is 0.250. The molecule has 4 nitrogen and oxygen atoms in total. The molecule has 0 radical (unpaired) electrons. The molecule has 6 heteroatoms. The molecule has 0 aromatic heterocycles. The third-order valence-electron chi connectivity index (χ3n) is 3.74. The Labute approximate surface area is 151 Å². The summed E-state index contributed by atoms with van der Waals surface area (Å²) < 4.78 is 36.7. The van der Waals surface area contributed by atoms with Gasteiger partial charge in [-0.1, -0.05) is 18.7 Å². The molecule has 0 unspecified atom stereocenters. The van der Waals surface area contributed by atoms with Crippen LogP contribution in [-0.2, 0) is 0 Å². The second-order valence-corrected chi connectivity index (χ2v) is 5.44. The van der Waals surface area contributed by atoms with E-state index < -0.39 is 6.43 Å². The largest absolute Gasteiger partial charge is 0.454 e. The predicted octanol–water partition coefficient (Wildman–Crippen LogP) is 4.58. The maximum atomic E-state index is 13.0. The summed E-state index contributed by atoms with van der Waals surface area (Å²) in [7, 11) is 0. The molecule has 2 rings (SSSR count). The SMILES string of the molecule is C=C(/C(C#N)=C/c1ccc2c(c1)OCO2)/C(=C\C(=C/C)C(F)F)NCC. The van der Waals surface area contributed by atoms with E-state index in [9.17, 15) is 14.0 Å². The number of nitrogens with zero attached hydrogens (tertiary/aromatic N) is 1. The number of nitriles is 1. The lowest BCUT2D eigenvalue weighted by atomic mass is 10.0. The summed E-state index contributed by atoms with van der Waals surface area (Å²) in [6.07, 6.45) is 1.68. The molecule has 136 valence electrons. The van der Waals surface area contributed by atoms with Gasteiger partial charge in [-0.3, -0.25) is 0 Å². The number of ether oxygens (including phenoxy) is 2. The number of nitrogens with one attached hydrogen (secondary N) is 1. The molecular weight excluding hydrogens is 338 g/mol. The normalized spacial score (nSPS) is 14.4. The van der Waals surface area contributed by atoms with Crippen molar-refractivity contribution in [2.24, 2.45) is 0 Å². The van der Waals surface area contributed by atoms with Crippen molar-refractivity contribution in [1.82, 2.24) is 5.32 Å². The Morgan fingerprint density at radius 1 is 1.38 bits per heavy atom. The summed E-state index contributed by atoms with van der Waals surface area (Å²) in [5, 5.41) is 12.5. The molecule has 0 atom stereocenters. The summed E-state index contributed by atoms with van der Waals surface area (Å²) in [5.41, 5.74) is 1.58. The first-order valence-corrected chi connectivity index (χ1v) is 8.11. The number of alkyl halides is 2. The van der Waals surface area contributed by atoms with Gasteiger partial charge in [0.05, 0.1) is 11.6 Å². The van der Waals surface area contributed by atoms with Crippen molar-refractivity contribution in [3.8, 4) is 17.6 Å². The molecule has 1 heterocycles. The lowest BCUT2D eigenvalue weighted by Crippen LogP contribution is -2.15. The van der Waals surface area contributed by atoms with Gasteiger partial charge in [0.1, 0.15) is 0 Å². The van der Waals surface area contributed by atoms with E-state index >= 15 is 0 Å². The molecule has 0 fully saturated rings. The highest BCUT2D eigenvalue weighted by Gasteiger charge is 2.15. The van der Waals surface area contributed by atoms with Crippen LogP contribution in [0.3, 0.4) is 0 Å². The first-order valence-electron chi connectivity index (χ1n) is 8.11. The fourth-order valence-corrected chi connectivity index (χ4v) is 2.38. The Kier molecular flexibility index (Phi) is 6.56. The molecule has 0 bridgehead atoms. The van der Waals surface area contributed by atoms with Crippen LogP contribution in [-0.4, -0.2) is 19.8 Å². The number of hydrogen-bond donors (Lipinski definition) is 1. The number of allylic oxidation sites excluding steroid dienone is 4. The smallest absolute Gasteiger partial charge is 0.263 e. The number of rotatable bonds is 7. The van der Waals surface area contributed by atoms with Crippen LogP contribution in [0.2, 0.25) is 0 Å². The lowest BCUT2D eigenvalue weighted by Gasteiger charge is -2.13. The van der Waals surface area contributed by atoms with Crippen molar-refractivity contribution >= 4 is 6.08 Å². The van der Waals surface area contributed by atoms with E-state index in [4.69, 9.17) is 9.47 Å². The summed E-state index contributed by atoms with van der Waals surface area (Å²) in [6.45, 7) is 7.96. The van der Waals surface area contributed by atoms with E-state index in [0.717, 1.165) is 5.56 Å². The average Bonchev–Trinajstić information content (AvgIpc) is 3.10. The Morgan fingerprint density at radius 2 is 2.12 bits per heavy atom. The molecule has 0 spiro atoms. The zero-order chi connectivity index (χ0) is 19.1. The van der Waals surface area contributed by atoms with Gasteiger partial charge in [0.15, 0.2) is 11.5 Å². The van der Waals surface area contributed by atoms with Gasteiger partial charge in [-0.2, -0.15) is 5.26 Å². The van der Waals surface area contributed by atoms with E-state index in [2.05, 4.69) is 18.0 Å². The number of benzene rings is 1. The number of hydrogen-bond acceptors (Lipinski definition) is 4. The van der Waals surface area contributed by atoms with Gasteiger partial charge in [0.25, 0.3) is 6.43 Å². The molecule has 1 aliphatic heterocycles. The van der Waals surface area contributed by atoms with Crippen molar-refractivity contribution < 1.29 is 18.3 Å². The Morgan fingerprint density at radius 3 is 2.73 bits per heavy atom. The zero-order valence-corrected chi connectivity index (χ0v) is 14.7. The van der Waals surface area contributed by atoms with Crippen LogP contribution in [0, 0.1) is 11.3 Å². The second-order valence-electron chi connectivity index (χ2n) is 5.44. The molecule has 26 heavy (non-hydrogen) atoms. The lowest BCUT2D eigenvalue weighted by molar-refractivity contribution is 0.174. The maximum absolute atomic E-state index is 13.0. The van der Waals surface area contributed by atoms with E-state index in [-0.39, 0.29) is 17.9 Å². The van der Waals surface area contributed by atoms with Crippen molar-refractivity contribution in [2.45, 2.75) is 20.3 Å². The number of likely N-dealkylation sites (N-methyl/N-ethyl adjacent to an activating group) is 1. The van der Waals surface area contributed by atoms with Crippen LogP contribution in [0.1, 0.15) is 19.4 Å². The van der Waals surface area contributed by atoms with Crippen LogP contribution >= 0.6 is 0 Å². The van der Waals surface area contributed by atoms with Crippen LogP contribution in [0.5, 0.6) is 11.5 Å². The van der Waals surface area contributed by atoms with E-state index in [1.54, 1.807) is 24.3 Å². The fourth-order valence-electron chi connectivity index (χ4n) is 2.38. The minimum Gasteiger partial charge on any atom is -0.454 e. The Bertz CT molecular complexity index is 818. The maximum Gasteiger partial charge on any atom is 0.263 e. The van der Waals surface area contributed by atoms with Gasteiger partial charge in [-0.25, -0.2) is 8.78 Å². The van der Waals surface area contributed by atoms with Gasteiger partial charge >= 0.3 is 0 Å². The highest BCUT2D eigenvalue weighted by Crippen LogP contribution is 2.33. The van der Waals surface area contributed by atoms with Crippen LogP contribution in [0.25, 0.3) is 6.08 Å². The molecule has 0 saturated heterocycles. The molecule has 1 aromatic rings. The summed E-state index contributed by atoms with van der Waals surface area (Å²) in [4.78, 5) is 0. The van der Waals surface area contributed by atoms with Crippen molar-refractivity contribution in [3.05, 3.63) is 64.9 Å². The second kappa shape index (κ2) is 8.86. The van der Waals surface area contributed by atoms with E-state index in [1.807, 2.05) is 6.92 Å². The van der Waals surface area contributed by atoms with Gasteiger partial charge in [-0.05, 0) is 43.7 Å². The van der Waals surface area contributed by atoms with Gasteiger partial charge in [0.2, 0.25) is 6.79 Å². The molecule has 1 aliphatic rings. The van der Waals surface area contributed by atoms with Crippen LogP contribution in [0.15, 0.2) is 59.3 Å². The van der Waals surface area contributed by atoms with Crippen LogP contribution in [0.4, 0.5) is 8.78 Å². The summed E-state index contributed by atoms with van der Waals surface area (Å²) in [6, 6.07) is 7.36. The molecule has 0 amide bonds. The van der Waals surface area contributed by atoms with Gasteiger partial charge in [-0.15, -0.1) is 0 Å². The third-order valence-corrected chi connectivity index (χ3v) is 3.74. The quantitative estimate of drug-likeness (QED) is 0.572. The van der Waals surface area contributed by atoms with Crippen molar-refractivity contribution in [2.75, 3.05) is 13.3 Å². The molecule has 0 aliphatic carbocycles. The molecular formula is C20H20F2N2O2. The molecule has 1 aromatic carbocycles. The van der Waals surface area contributed by atoms with Crippen LogP contribution < -0.4 is 14.8 Å². The number of halogens is 2.